The van der Waals surface area contributed by atoms with Crippen LogP contribution in [0.5, 0.6) is 0 Å². The fraction of sp³-hybridized carbons (Fsp3) is 0.100. The highest BCUT2D eigenvalue weighted by Gasteiger charge is 2.16. The van der Waals surface area contributed by atoms with Gasteiger partial charge in [-0.1, -0.05) is 60.7 Å². The van der Waals surface area contributed by atoms with Crippen LogP contribution >= 0.6 is 0 Å². The number of benzene rings is 2. The summed E-state index contributed by atoms with van der Waals surface area (Å²) in [4.78, 5) is 15.8. The van der Waals surface area contributed by atoms with Gasteiger partial charge in [0.05, 0.1) is 0 Å². The summed E-state index contributed by atoms with van der Waals surface area (Å²) < 4.78 is 0. The first-order valence-corrected chi connectivity index (χ1v) is 7.81. The van der Waals surface area contributed by atoms with Crippen LogP contribution < -0.4 is 11.1 Å². The van der Waals surface area contributed by atoms with Crippen molar-refractivity contribution in [3.8, 4) is 11.1 Å². The standard InChI is InChI=1S/C20H19N3O/c21-20(24)19(17-5-2-1-3-6-17)23-13-15-8-10-16(11-9-15)18-7-4-12-22-14-18/h1-12,14,19,23H,13H2,(H2,21,24). The molecule has 0 fully saturated rings. The van der Waals surface area contributed by atoms with Crippen LogP contribution in [-0.2, 0) is 11.3 Å². The van der Waals surface area contributed by atoms with E-state index >= 15 is 0 Å². The lowest BCUT2D eigenvalue weighted by Gasteiger charge is -2.16. The zero-order valence-corrected chi connectivity index (χ0v) is 13.2. The van der Waals surface area contributed by atoms with Gasteiger partial charge in [0.2, 0.25) is 5.91 Å². The van der Waals surface area contributed by atoms with Gasteiger partial charge in [0.25, 0.3) is 0 Å². The number of carbonyl (C=O) groups is 1. The van der Waals surface area contributed by atoms with E-state index < -0.39 is 6.04 Å². The summed E-state index contributed by atoms with van der Waals surface area (Å²) in [5.74, 6) is -0.381. The predicted octanol–water partition coefficient (Wildman–Crippen LogP) is 3.06. The lowest BCUT2D eigenvalue weighted by Crippen LogP contribution is -2.33. The Labute approximate surface area is 141 Å². The molecule has 0 bridgehead atoms. The smallest absolute Gasteiger partial charge is 0.239 e. The summed E-state index contributed by atoms with van der Waals surface area (Å²) in [6.07, 6.45) is 3.60. The molecular formula is C20H19N3O. The van der Waals surface area contributed by atoms with Crippen LogP contribution in [0.4, 0.5) is 0 Å². The molecule has 1 atom stereocenters. The number of nitrogens with two attached hydrogens (primary N) is 1. The van der Waals surface area contributed by atoms with Crippen molar-refractivity contribution in [1.82, 2.24) is 10.3 Å². The molecule has 120 valence electrons. The van der Waals surface area contributed by atoms with Gasteiger partial charge >= 0.3 is 0 Å². The number of primary amides is 1. The molecule has 0 aliphatic carbocycles. The van der Waals surface area contributed by atoms with Crippen LogP contribution in [0.25, 0.3) is 11.1 Å². The number of aromatic nitrogens is 1. The van der Waals surface area contributed by atoms with Crippen molar-refractivity contribution in [2.75, 3.05) is 0 Å². The molecule has 0 aliphatic heterocycles. The third-order valence-electron chi connectivity index (χ3n) is 3.88. The Balaban J connectivity index is 1.69. The minimum absolute atomic E-state index is 0.381. The molecule has 4 nitrogen and oxygen atoms in total. The van der Waals surface area contributed by atoms with E-state index in [1.54, 1.807) is 6.20 Å². The summed E-state index contributed by atoms with van der Waals surface area (Å²) >= 11 is 0. The minimum atomic E-state index is -0.496. The van der Waals surface area contributed by atoms with Gasteiger partial charge in [-0.15, -0.1) is 0 Å². The Bertz CT molecular complexity index is 786. The quantitative estimate of drug-likeness (QED) is 0.734. The second kappa shape index (κ2) is 7.53. The molecule has 1 aromatic heterocycles. The average molecular weight is 317 g/mol. The fourth-order valence-corrected chi connectivity index (χ4v) is 2.60. The normalized spacial score (nSPS) is 11.8. The van der Waals surface area contributed by atoms with E-state index in [0.717, 1.165) is 22.3 Å². The molecule has 2 aromatic carbocycles. The maximum atomic E-state index is 11.7. The highest BCUT2D eigenvalue weighted by Crippen LogP contribution is 2.19. The number of nitrogens with one attached hydrogen (secondary N) is 1. The zero-order valence-electron chi connectivity index (χ0n) is 13.2. The molecule has 1 heterocycles. The van der Waals surface area contributed by atoms with Crippen LogP contribution in [0.15, 0.2) is 79.1 Å². The van der Waals surface area contributed by atoms with Crippen LogP contribution in [0.3, 0.4) is 0 Å². The van der Waals surface area contributed by atoms with Crippen molar-refractivity contribution in [2.45, 2.75) is 12.6 Å². The van der Waals surface area contributed by atoms with Crippen LogP contribution in [0.1, 0.15) is 17.2 Å². The van der Waals surface area contributed by atoms with Crippen LogP contribution in [0.2, 0.25) is 0 Å². The van der Waals surface area contributed by atoms with Gasteiger partial charge in [0, 0.05) is 18.9 Å². The van der Waals surface area contributed by atoms with E-state index in [2.05, 4.69) is 22.4 Å². The maximum Gasteiger partial charge on any atom is 0.239 e. The first kappa shape index (κ1) is 15.9. The highest BCUT2D eigenvalue weighted by atomic mass is 16.1. The topological polar surface area (TPSA) is 68.0 Å². The van der Waals surface area contributed by atoms with Crippen molar-refractivity contribution >= 4 is 5.91 Å². The third kappa shape index (κ3) is 3.86. The van der Waals surface area contributed by atoms with E-state index in [0.29, 0.717) is 6.54 Å². The molecule has 0 spiro atoms. The van der Waals surface area contributed by atoms with Gasteiger partial charge in [-0.25, -0.2) is 0 Å². The highest BCUT2D eigenvalue weighted by molar-refractivity contribution is 5.81. The van der Waals surface area contributed by atoms with Crippen LogP contribution in [-0.4, -0.2) is 10.9 Å². The molecule has 1 unspecified atom stereocenters. The number of pyridine rings is 1. The Morgan fingerprint density at radius 2 is 1.71 bits per heavy atom. The van der Waals surface area contributed by atoms with Gasteiger partial charge in [0.1, 0.15) is 6.04 Å². The first-order valence-electron chi connectivity index (χ1n) is 7.81. The number of amides is 1. The Hall–Kier alpha value is -2.98. The van der Waals surface area contributed by atoms with Crippen molar-refractivity contribution in [2.24, 2.45) is 5.73 Å². The molecule has 0 aliphatic rings. The Morgan fingerprint density at radius 3 is 2.33 bits per heavy atom. The lowest BCUT2D eigenvalue weighted by atomic mass is 10.0. The zero-order chi connectivity index (χ0) is 16.8. The van der Waals surface area contributed by atoms with E-state index in [-0.39, 0.29) is 5.91 Å². The van der Waals surface area contributed by atoms with E-state index in [1.165, 1.54) is 0 Å². The predicted molar refractivity (Wildman–Crippen MR) is 94.9 cm³/mol. The molecule has 0 radical (unpaired) electrons. The van der Waals surface area contributed by atoms with Gasteiger partial charge in [-0.05, 0) is 28.3 Å². The van der Waals surface area contributed by atoms with Crippen molar-refractivity contribution in [3.05, 3.63) is 90.3 Å². The summed E-state index contributed by atoms with van der Waals surface area (Å²) in [6.45, 7) is 0.565. The molecule has 3 rings (SSSR count). The minimum Gasteiger partial charge on any atom is -0.368 e. The molecule has 0 saturated carbocycles. The van der Waals surface area contributed by atoms with E-state index in [9.17, 15) is 4.79 Å². The SMILES string of the molecule is NC(=O)C(NCc1ccc(-c2cccnc2)cc1)c1ccccc1. The monoisotopic (exact) mass is 317 g/mol. The molecule has 4 heteroatoms. The number of rotatable bonds is 6. The molecule has 3 N–H and O–H groups in total. The largest absolute Gasteiger partial charge is 0.368 e. The van der Waals surface area contributed by atoms with E-state index in [1.807, 2.05) is 60.8 Å². The van der Waals surface area contributed by atoms with Gasteiger partial charge in [-0.2, -0.15) is 0 Å². The lowest BCUT2D eigenvalue weighted by molar-refractivity contribution is -0.120. The Kier molecular flexibility index (Phi) is 4.99. The van der Waals surface area contributed by atoms with Gasteiger partial charge in [0.15, 0.2) is 0 Å². The van der Waals surface area contributed by atoms with Gasteiger partial charge < -0.3 is 5.73 Å². The van der Waals surface area contributed by atoms with Crippen molar-refractivity contribution < 1.29 is 4.79 Å². The first-order chi connectivity index (χ1) is 11.7. The second-order valence-electron chi connectivity index (χ2n) is 5.57. The fourth-order valence-electron chi connectivity index (χ4n) is 2.60. The average Bonchev–Trinajstić information content (AvgIpc) is 2.64. The third-order valence-corrected chi connectivity index (χ3v) is 3.88. The van der Waals surface area contributed by atoms with E-state index in [4.69, 9.17) is 5.73 Å². The second-order valence-corrected chi connectivity index (χ2v) is 5.57. The summed E-state index contributed by atoms with van der Waals surface area (Å²) in [6, 6.07) is 21.1. The number of hydrogen-bond acceptors (Lipinski definition) is 3. The molecule has 0 saturated heterocycles. The molecule has 1 amide bonds. The number of hydrogen-bond donors (Lipinski definition) is 2. The number of carbonyl (C=O) groups excluding carboxylic acids is 1. The maximum absolute atomic E-state index is 11.7. The van der Waals surface area contributed by atoms with Crippen molar-refractivity contribution in [3.63, 3.8) is 0 Å². The summed E-state index contributed by atoms with van der Waals surface area (Å²) in [5.41, 5.74) is 9.68. The summed E-state index contributed by atoms with van der Waals surface area (Å²) in [7, 11) is 0. The molecule has 24 heavy (non-hydrogen) atoms. The van der Waals surface area contributed by atoms with Crippen molar-refractivity contribution in [1.29, 1.82) is 0 Å². The molecular weight excluding hydrogens is 298 g/mol. The Morgan fingerprint density at radius 1 is 0.958 bits per heavy atom. The summed E-state index contributed by atoms with van der Waals surface area (Å²) in [5, 5.41) is 3.22. The van der Waals surface area contributed by atoms with Crippen LogP contribution in [0, 0.1) is 0 Å². The number of nitrogens with zero attached hydrogens (tertiary/aromatic N) is 1. The van der Waals surface area contributed by atoms with Gasteiger partial charge in [-0.3, -0.25) is 15.1 Å². The molecule has 3 aromatic rings.